The second-order valence-corrected chi connectivity index (χ2v) is 9.08. The molecule has 2 rings (SSSR count). The second kappa shape index (κ2) is 11.4. The van der Waals surface area contributed by atoms with Crippen LogP contribution in [0.25, 0.3) is 0 Å². The number of unbranched alkanes of at least 4 members (excludes halogenated alkanes) is 1. The molecule has 8 heteroatoms. The summed E-state index contributed by atoms with van der Waals surface area (Å²) in [7, 11) is 0. The van der Waals surface area contributed by atoms with Crippen LogP contribution in [0.3, 0.4) is 0 Å². The molecule has 1 aromatic rings. The highest BCUT2D eigenvalue weighted by molar-refractivity contribution is 5.94. The van der Waals surface area contributed by atoms with Gasteiger partial charge in [0.05, 0.1) is 30.9 Å². The third-order valence-electron chi connectivity index (χ3n) is 4.62. The topological polar surface area (TPSA) is 92.5 Å². The Kier molecular flexibility index (Phi) is 9.17. The monoisotopic (exact) mass is 421 g/mol. The van der Waals surface area contributed by atoms with Gasteiger partial charge in [0.25, 0.3) is 0 Å². The van der Waals surface area contributed by atoms with Gasteiger partial charge in [-0.3, -0.25) is 9.59 Å². The lowest BCUT2D eigenvalue weighted by Gasteiger charge is -2.25. The van der Waals surface area contributed by atoms with E-state index >= 15 is 0 Å². The van der Waals surface area contributed by atoms with Crippen molar-refractivity contribution in [3.8, 4) is 0 Å². The fraction of sp³-hybridized carbons (Fsp3) is 0.727. The average molecular weight is 422 g/mol. The smallest absolute Gasteiger partial charge is 0.311 e. The maximum Gasteiger partial charge on any atom is 0.311 e. The van der Waals surface area contributed by atoms with Crippen molar-refractivity contribution in [1.82, 2.24) is 15.0 Å². The normalized spacial score (nSPS) is 19.5. The summed E-state index contributed by atoms with van der Waals surface area (Å²) in [5.41, 5.74) is 0.357. The highest BCUT2D eigenvalue weighted by atomic mass is 16.7. The zero-order valence-electron chi connectivity index (χ0n) is 18.8. The molecule has 2 atom stereocenters. The van der Waals surface area contributed by atoms with Crippen LogP contribution in [-0.2, 0) is 36.8 Å². The third-order valence-corrected chi connectivity index (χ3v) is 4.62. The maximum atomic E-state index is 12.1. The molecule has 168 valence electrons. The fourth-order valence-electron chi connectivity index (χ4n) is 2.70. The molecule has 0 saturated carbocycles. The van der Waals surface area contributed by atoms with Gasteiger partial charge in [0.15, 0.2) is 12.1 Å². The molecule has 0 radical (unpaired) electrons. The molecule has 0 saturated heterocycles. The Morgan fingerprint density at radius 3 is 2.73 bits per heavy atom. The van der Waals surface area contributed by atoms with Crippen molar-refractivity contribution in [3.05, 3.63) is 24.0 Å². The number of hydrogen-bond acceptors (Lipinski definition) is 7. The van der Waals surface area contributed by atoms with Gasteiger partial charge in [0, 0.05) is 6.20 Å². The summed E-state index contributed by atoms with van der Waals surface area (Å²) in [5.74, 6) is 0.261. The summed E-state index contributed by atoms with van der Waals surface area (Å²) in [6.45, 7) is 11.1. The summed E-state index contributed by atoms with van der Waals surface area (Å²) in [6.07, 6.45) is 7.12. The minimum atomic E-state index is -0.634. The van der Waals surface area contributed by atoms with Gasteiger partial charge < -0.3 is 14.2 Å². The molecule has 8 nitrogen and oxygen atoms in total. The van der Waals surface area contributed by atoms with Crippen LogP contribution in [0.2, 0.25) is 0 Å². The van der Waals surface area contributed by atoms with E-state index in [9.17, 15) is 9.59 Å². The summed E-state index contributed by atoms with van der Waals surface area (Å²) in [5, 5.41) is 8.25. The largest absolute Gasteiger partial charge is 0.465 e. The van der Waals surface area contributed by atoms with Crippen molar-refractivity contribution in [2.45, 2.75) is 79.2 Å². The van der Waals surface area contributed by atoms with E-state index in [1.807, 2.05) is 27.0 Å². The SMILES string of the molecule is CC(C)CCO[C@@H]1C=CC(=O)[C@@H](Cn2cc(CCCCOC(=O)C(C)(C)C)nn2)O1. The molecule has 1 aliphatic rings. The van der Waals surface area contributed by atoms with E-state index in [1.165, 1.54) is 6.08 Å². The second-order valence-electron chi connectivity index (χ2n) is 9.08. The van der Waals surface area contributed by atoms with Crippen molar-refractivity contribution < 1.29 is 23.8 Å². The number of carbonyl (C=O) groups is 2. The molecule has 2 heterocycles. The average Bonchev–Trinajstić information content (AvgIpc) is 3.10. The first-order valence-electron chi connectivity index (χ1n) is 10.7. The van der Waals surface area contributed by atoms with Crippen molar-refractivity contribution >= 4 is 11.8 Å². The molecule has 0 fully saturated rings. The van der Waals surface area contributed by atoms with Crippen LogP contribution >= 0.6 is 0 Å². The lowest BCUT2D eigenvalue weighted by molar-refractivity contribution is -0.166. The van der Waals surface area contributed by atoms with Crippen molar-refractivity contribution in [3.63, 3.8) is 0 Å². The molecule has 0 bridgehead atoms. The van der Waals surface area contributed by atoms with Gasteiger partial charge in [-0.1, -0.05) is 19.1 Å². The number of nitrogens with zero attached hydrogens (tertiary/aromatic N) is 3. The predicted octanol–water partition coefficient (Wildman–Crippen LogP) is 3.10. The number of carbonyl (C=O) groups excluding carboxylic acids is 2. The van der Waals surface area contributed by atoms with E-state index in [0.717, 1.165) is 31.4 Å². The number of esters is 1. The Balaban J connectivity index is 1.72. The Hall–Kier alpha value is -2.06. The Morgan fingerprint density at radius 1 is 1.27 bits per heavy atom. The van der Waals surface area contributed by atoms with E-state index < -0.39 is 17.8 Å². The number of aromatic nitrogens is 3. The molecule has 1 aromatic heterocycles. The lowest BCUT2D eigenvalue weighted by atomic mass is 9.97. The number of ether oxygens (including phenoxy) is 3. The molecule has 30 heavy (non-hydrogen) atoms. The fourth-order valence-corrected chi connectivity index (χ4v) is 2.70. The van der Waals surface area contributed by atoms with Gasteiger partial charge in [-0.25, -0.2) is 4.68 Å². The van der Waals surface area contributed by atoms with Gasteiger partial charge in [-0.15, -0.1) is 5.10 Å². The summed E-state index contributed by atoms with van der Waals surface area (Å²) >= 11 is 0. The molecule has 1 aliphatic heterocycles. The molecule has 0 unspecified atom stereocenters. The standard InChI is InChI=1S/C22H35N3O5/c1-16(2)11-13-28-20-10-9-18(26)19(30-20)15-25-14-17(23-24-25)8-6-7-12-29-21(27)22(3,4)5/h9-10,14,16,19-20H,6-8,11-13,15H2,1-5H3/t19-,20+/m1/s1. The quantitative estimate of drug-likeness (QED) is 0.400. The zero-order valence-corrected chi connectivity index (χ0v) is 18.8. The third kappa shape index (κ3) is 8.36. The van der Waals surface area contributed by atoms with Crippen LogP contribution in [0.15, 0.2) is 18.3 Å². The van der Waals surface area contributed by atoms with E-state index in [2.05, 4.69) is 24.2 Å². The van der Waals surface area contributed by atoms with Gasteiger partial charge in [-0.2, -0.15) is 0 Å². The summed E-state index contributed by atoms with van der Waals surface area (Å²) < 4.78 is 18.3. The first kappa shape index (κ1) is 24.2. The van der Waals surface area contributed by atoms with Crippen LogP contribution in [-0.4, -0.2) is 52.4 Å². The Labute approximate surface area is 178 Å². The predicted molar refractivity (Wildman–Crippen MR) is 112 cm³/mol. The highest BCUT2D eigenvalue weighted by Gasteiger charge is 2.26. The van der Waals surface area contributed by atoms with Crippen molar-refractivity contribution in [2.75, 3.05) is 13.2 Å². The first-order chi connectivity index (χ1) is 14.1. The number of hydrogen-bond donors (Lipinski definition) is 0. The number of ketones is 1. The van der Waals surface area contributed by atoms with E-state index in [4.69, 9.17) is 14.2 Å². The molecular weight excluding hydrogens is 386 g/mol. The van der Waals surface area contributed by atoms with E-state index in [1.54, 1.807) is 10.8 Å². The zero-order chi connectivity index (χ0) is 22.1. The Morgan fingerprint density at radius 2 is 2.03 bits per heavy atom. The lowest BCUT2D eigenvalue weighted by Crippen LogP contribution is -2.36. The van der Waals surface area contributed by atoms with Crippen molar-refractivity contribution in [2.24, 2.45) is 11.3 Å². The van der Waals surface area contributed by atoms with Gasteiger partial charge in [0.1, 0.15) is 6.10 Å². The van der Waals surface area contributed by atoms with Crippen LogP contribution in [0, 0.1) is 11.3 Å². The molecule has 0 aliphatic carbocycles. The molecule has 0 aromatic carbocycles. The van der Waals surface area contributed by atoms with E-state index in [0.29, 0.717) is 25.7 Å². The molecular formula is C22H35N3O5. The minimum absolute atomic E-state index is 0.101. The molecule has 0 amide bonds. The number of aryl methyl sites for hydroxylation is 1. The van der Waals surface area contributed by atoms with E-state index in [-0.39, 0.29) is 11.8 Å². The maximum absolute atomic E-state index is 12.1. The van der Waals surface area contributed by atoms with Gasteiger partial charge in [-0.05, 0) is 64.5 Å². The van der Waals surface area contributed by atoms with Crippen LogP contribution in [0.1, 0.15) is 59.6 Å². The van der Waals surface area contributed by atoms with Gasteiger partial charge in [0.2, 0.25) is 0 Å². The highest BCUT2D eigenvalue weighted by Crippen LogP contribution is 2.16. The van der Waals surface area contributed by atoms with Crippen LogP contribution in [0.5, 0.6) is 0 Å². The summed E-state index contributed by atoms with van der Waals surface area (Å²) in [6, 6.07) is 0. The molecule has 0 N–H and O–H groups in total. The van der Waals surface area contributed by atoms with Crippen LogP contribution < -0.4 is 0 Å². The van der Waals surface area contributed by atoms with Crippen LogP contribution in [0.4, 0.5) is 0 Å². The minimum Gasteiger partial charge on any atom is -0.465 e. The van der Waals surface area contributed by atoms with Crippen molar-refractivity contribution in [1.29, 1.82) is 0 Å². The first-order valence-corrected chi connectivity index (χ1v) is 10.7. The Bertz CT molecular complexity index is 721. The molecule has 0 spiro atoms. The summed E-state index contributed by atoms with van der Waals surface area (Å²) in [4.78, 5) is 23.9. The number of rotatable bonds is 11. The van der Waals surface area contributed by atoms with Gasteiger partial charge >= 0.3 is 5.97 Å².